The highest BCUT2D eigenvalue weighted by Gasteiger charge is 2.12. The Labute approximate surface area is 162 Å². The molecule has 28 heavy (non-hydrogen) atoms. The molecule has 2 heterocycles. The number of thiazole rings is 1. The van der Waals surface area contributed by atoms with Gasteiger partial charge in [0.1, 0.15) is 17.8 Å². The predicted molar refractivity (Wildman–Crippen MR) is 107 cm³/mol. The van der Waals surface area contributed by atoms with Crippen LogP contribution in [0.5, 0.6) is 0 Å². The van der Waals surface area contributed by atoms with Gasteiger partial charge in [0.15, 0.2) is 16.8 Å². The van der Waals surface area contributed by atoms with Gasteiger partial charge in [-0.3, -0.25) is 15.6 Å². The first-order valence-corrected chi connectivity index (χ1v) is 8.97. The second kappa shape index (κ2) is 7.45. The van der Waals surface area contributed by atoms with Crippen molar-refractivity contribution in [1.29, 1.82) is 0 Å². The second-order valence-corrected chi connectivity index (χ2v) is 6.71. The van der Waals surface area contributed by atoms with Gasteiger partial charge in [-0.05, 0) is 36.4 Å². The molecule has 4 rings (SSSR count). The largest absolute Gasteiger partial charge is 0.393 e. The number of nitrogens with two attached hydrogens (primary N) is 1. The number of halogens is 1. The van der Waals surface area contributed by atoms with Crippen molar-refractivity contribution in [1.82, 2.24) is 20.4 Å². The van der Waals surface area contributed by atoms with E-state index in [-0.39, 0.29) is 17.1 Å². The van der Waals surface area contributed by atoms with Crippen LogP contribution in [-0.2, 0) is 0 Å². The molecule has 8 nitrogen and oxygen atoms in total. The molecule has 5 N–H and O–H groups in total. The third kappa shape index (κ3) is 3.67. The van der Waals surface area contributed by atoms with Crippen molar-refractivity contribution in [3.63, 3.8) is 0 Å². The SMILES string of the molecule is Nc1c(NNC(=O)c2ccc(F)cc2)ncnc1Nc1nc2ccccc2s1. The zero-order chi connectivity index (χ0) is 19.5. The number of para-hydroxylation sites is 1. The van der Waals surface area contributed by atoms with Crippen LogP contribution in [0.1, 0.15) is 10.4 Å². The molecule has 0 aliphatic rings. The Kier molecular flexibility index (Phi) is 4.68. The van der Waals surface area contributed by atoms with Gasteiger partial charge >= 0.3 is 0 Å². The van der Waals surface area contributed by atoms with E-state index in [0.717, 1.165) is 10.2 Å². The lowest BCUT2D eigenvalue weighted by Gasteiger charge is -2.12. The minimum absolute atomic E-state index is 0.209. The number of fused-ring (bicyclic) bond motifs is 1. The summed E-state index contributed by atoms with van der Waals surface area (Å²) in [6, 6.07) is 12.9. The molecule has 0 aliphatic carbocycles. The fourth-order valence-electron chi connectivity index (χ4n) is 2.41. The van der Waals surface area contributed by atoms with Gasteiger partial charge in [0.2, 0.25) is 0 Å². The molecule has 0 saturated carbocycles. The maximum atomic E-state index is 13.0. The number of hydrazine groups is 1. The maximum absolute atomic E-state index is 13.0. The second-order valence-electron chi connectivity index (χ2n) is 5.68. The summed E-state index contributed by atoms with van der Waals surface area (Å²) in [5.74, 6) is -0.310. The van der Waals surface area contributed by atoms with E-state index < -0.39 is 11.7 Å². The van der Waals surface area contributed by atoms with Crippen LogP contribution in [0.4, 0.5) is 26.8 Å². The van der Waals surface area contributed by atoms with Crippen LogP contribution in [-0.4, -0.2) is 20.9 Å². The van der Waals surface area contributed by atoms with Crippen molar-refractivity contribution in [3.8, 4) is 0 Å². The average molecular weight is 395 g/mol. The number of nitrogen functional groups attached to an aromatic ring is 1. The summed E-state index contributed by atoms with van der Waals surface area (Å²) in [6.45, 7) is 0. The summed E-state index contributed by atoms with van der Waals surface area (Å²) < 4.78 is 14.0. The van der Waals surface area contributed by atoms with Gasteiger partial charge in [-0.25, -0.2) is 19.3 Å². The standard InChI is InChI=1S/C18H14FN7OS/c19-11-7-5-10(6-8-11)17(27)26-25-16-14(20)15(21-9-22-16)24-18-23-12-3-1-2-4-13(12)28-18/h1-9H,20H2,(H,26,27)(H2,21,22,23,24,25). The molecular formula is C18H14FN7OS. The summed E-state index contributed by atoms with van der Waals surface area (Å²) in [7, 11) is 0. The third-order valence-electron chi connectivity index (χ3n) is 3.80. The zero-order valence-electron chi connectivity index (χ0n) is 14.3. The molecule has 140 valence electrons. The fourth-order valence-corrected chi connectivity index (χ4v) is 3.28. The van der Waals surface area contributed by atoms with Gasteiger partial charge in [0.05, 0.1) is 10.2 Å². The van der Waals surface area contributed by atoms with E-state index in [9.17, 15) is 9.18 Å². The van der Waals surface area contributed by atoms with Crippen LogP contribution >= 0.6 is 11.3 Å². The van der Waals surface area contributed by atoms with Gasteiger partial charge in [-0.15, -0.1) is 0 Å². The number of benzene rings is 2. The van der Waals surface area contributed by atoms with Gasteiger partial charge in [0.25, 0.3) is 5.91 Å². The van der Waals surface area contributed by atoms with Crippen molar-refractivity contribution >= 4 is 49.9 Å². The number of hydrogen-bond acceptors (Lipinski definition) is 8. The molecule has 4 aromatic rings. The lowest BCUT2D eigenvalue weighted by Crippen LogP contribution is -2.30. The van der Waals surface area contributed by atoms with Crippen molar-refractivity contribution in [2.45, 2.75) is 0 Å². The first kappa shape index (κ1) is 17.6. The lowest BCUT2D eigenvalue weighted by atomic mass is 10.2. The number of hydrogen-bond donors (Lipinski definition) is 4. The molecule has 10 heteroatoms. The first-order valence-electron chi connectivity index (χ1n) is 8.15. The van der Waals surface area contributed by atoms with E-state index >= 15 is 0 Å². The van der Waals surface area contributed by atoms with Crippen LogP contribution in [0.2, 0.25) is 0 Å². The first-order chi connectivity index (χ1) is 13.6. The topological polar surface area (TPSA) is 118 Å². The molecule has 0 fully saturated rings. The Bertz CT molecular complexity index is 1110. The quantitative estimate of drug-likeness (QED) is 0.383. The third-order valence-corrected chi connectivity index (χ3v) is 4.76. The van der Waals surface area contributed by atoms with Gasteiger partial charge in [0, 0.05) is 5.56 Å². The molecule has 0 unspecified atom stereocenters. The van der Waals surface area contributed by atoms with Crippen LogP contribution < -0.4 is 21.9 Å². The van der Waals surface area contributed by atoms with Crippen molar-refractivity contribution in [2.24, 2.45) is 0 Å². The molecule has 0 spiro atoms. The Morgan fingerprint density at radius 1 is 1.04 bits per heavy atom. The van der Waals surface area contributed by atoms with Crippen molar-refractivity contribution < 1.29 is 9.18 Å². The number of nitrogens with zero attached hydrogens (tertiary/aromatic N) is 3. The normalized spacial score (nSPS) is 10.6. The fraction of sp³-hybridized carbons (Fsp3) is 0. The van der Waals surface area contributed by atoms with Gasteiger partial charge in [-0.1, -0.05) is 23.5 Å². The van der Waals surface area contributed by atoms with Crippen LogP contribution in [0, 0.1) is 5.82 Å². The number of anilines is 4. The highest BCUT2D eigenvalue weighted by Crippen LogP contribution is 2.30. The highest BCUT2D eigenvalue weighted by atomic mass is 32.1. The van der Waals surface area contributed by atoms with E-state index in [2.05, 4.69) is 31.1 Å². The van der Waals surface area contributed by atoms with E-state index in [4.69, 9.17) is 5.73 Å². The van der Waals surface area contributed by atoms with E-state index in [1.165, 1.54) is 41.9 Å². The van der Waals surface area contributed by atoms with Gasteiger partial charge < -0.3 is 11.1 Å². The zero-order valence-corrected chi connectivity index (χ0v) is 15.1. The molecular weight excluding hydrogens is 381 g/mol. The molecule has 1 amide bonds. The van der Waals surface area contributed by atoms with Crippen LogP contribution in [0.25, 0.3) is 10.2 Å². The van der Waals surface area contributed by atoms with Crippen molar-refractivity contribution in [2.75, 3.05) is 16.5 Å². The smallest absolute Gasteiger partial charge is 0.269 e. The van der Waals surface area contributed by atoms with E-state index in [1.54, 1.807) is 0 Å². The van der Waals surface area contributed by atoms with Gasteiger partial charge in [-0.2, -0.15) is 0 Å². The Morgan fingerprint density at radius 3 is 2.57 bits per heavy atom. The summed E-state index contributed by atoms with van der Waals surface area (Å²) >= 11 is 1.46. The Morgan fingerprint density at radius 2 is 1.79 bits per heavy atom. The monoisotopic (exact) mass is 395 g/mol. The maximum Gasteiger partial charge on any atom is 0.269 e. The highest BCUT2D eigenvalue weighted by molar-refractivity contribution is 7.22. The molecule has 0 atom stereocenters. The molecule has 0 aliphatic heterocycles. The average Bonchev–Trinajstić information content (AvgIpc) is 3.11. The molecule has 0 bridgehead atoms. The Hall–Kier alpha value is -3.79. The molecule has 2 aromatic heterocycles. The Balaban J connectivity index is 1.48. The van der Waals surface area contributed by atoms with Crippen molar-refractivity contribution in [3.05, 3.63) is 66.2 Å². The minimum Gasteiger partial charge on any atom is -0.393 e. The van der Waals surface area contributed by atoms with E-state index in [1.807, 2.05) is 24.3 Å². The molecule has 0 saturated heterocycles. The number of rotatable bonds is 5. The molecule has 0 radical (unpaired) electrons. The van der Waals surface area contributed by atoms with Crippen LogP contribution in [0.3, 0.4) is 0 Å². The number of carbonyl (C=O) groups excluding carboxylic acids is 1. The summed E-state index contributed by atoms with van der Waals surface area (Å²) in [5.41, 5.74) is 12.6. The van der Waals surface area contributed by atoms with E-state index in [0.29, 0.717) is 10.9 Å². The summed E-state index contributed by atoms with van der Waals surface area (Å²) in [5, 5.41) is 3.70. The predicted octanol–water partition coefficient (Wildman–Crippen LogP) is 3.31. The number of amides is 1. The van der Waals surface area contributed by atoms with Crippen LogP contribution in [0.15, 0.2) is 54.9 Å². The number of nitrogens with one attached hydrogen (secondary N) is 3. The molecule has 2 aromatic carbocycles. The minimum atomic E-state index is -0.460. The summed E-state index contributed by atoms with van der Waals surface area (Å²) in [6.07, 6.45) is 1.30. The number of aromatic nitrogens is 3. The summed E-state index contributed by atoms with van der Waals surface area (Å²) in [4.78, 5) is 24.7. The number of carbonyl (C=O) groups is 1. The lowest BCUT2D eigenvalue weighted by molar-refractivity contribution is 0.0962.